The number of aryl methyl sites for hydroxylation is 1. The molecule has 5 nitrogen and oxygen atoms in total. The molecular formula is C26H23FN2O3. The third kappa shape index (κ3) is 3.99. The lowest BCUT2D eigenvalue weighted by Crippen LogP contribution is -2.32. The van der Waals surface area contributed by atoms with Crippen LogP contribution in [0.3, 0.4) is 0 Å². The van der Waals surface area contributed by atoms with Gasteiger partial charge in [-0.1, -0.05) is 55.5 Å². The van der Waals surface area contributed by atoms with Crippen LogP contribution in [0.5, 0.6) is 5.75 Å². The van der Waals surface area contributed by atoms with Crippen LogP contribution in [0.1, 0.15) is 23.6 Å². The highest BCUT2D eigenvalue weighted by atomic mass is 19.1. The molecule has 0 aliphatic carbocycles. The lowest BCUT2D eigenvalue weighted by molar-refractivity contribution is -0.137. The minimum absolute atomic E-state index is 0.139. The number of ether oxygens (including phenoxy) is 1. The first kappa shape index (κ1) is 21.3. The van der Waals surface area contributed by atoms with Crippen LogP contribution < -0.4 is 10.1 Å². The Bertz CT molecular complexity index is 1200. The molecule has 0 atom stereocenters. The van der Waals surface area contributed by atoms with E-state index in [-0.39, 0.29) is 23.4 Å². The number of hydrogen-bond donors (Lipinski definition) is 1. The van der Waals surface area contributed by atoms with Crippen molar-refractivity contribution in [1.29, 1.82) is 0 Å². The number of imide groups is 1. The fourth-order valence-electron chi connectivity index (χ4n) is 3.70. The van der Waals surface area contributed by atoms with Gasteiger partial charge in [-0.05, 0) is 36.2 Å². The number of hydrogen-bond acceptors (Lipinski definition) is 4. The average molecular weight is 430 g/mol. The first-order chi connectivity index (χ1) is 15.5. The fourth-order valence-corrected chi connectivity index (χ4v) is 3.70. The molecule has 0 aromatic heterocycles. The van der Waals surface area contributed by atoms with E-state index in [1.54, 1.807) is 42.5 Å². The van der Waals surface area contributed by atoms with Gasteiger partial charge in [0.05, 0.1) is 19.2 Å². The van der Waals surface area contributed by atoms with Gasteiger partial charge in [-0.15, -0.1) is 0 Å². The number of amides is 2. The highest BCUT2D eigenvalue weighted by Gasteiger charge is 2.40. The van der Waals surface area contributed by atoms with E-state index in [0.717, 1.165) is 16.9 Å². The lowest BCUT2D eigenvalue weighted by atomic mass is 10.0. The summed E-state index contributed by atoms with van der Waals surface area (Å²) in [5.41, 5.74) is 2.94. The standard InChI is InChI=1S/C26H23FN2O3/c1-3-17-12-14-19(15-13-17)28-24-23(20-9-5-7-11-22(20)32-2)25(30)29(26(24)31)16-18-8-4-6-10-21(18)27/h4-15,28H,3,16H2,1-2H3. The summed E-state index contributed by atoms with van der Waals surface area (Å²) >= 11 is 0. The number of anilines is 1. The summed E-state index contributed by atoms with van der Waals surface area (Å²) in [6.45, 7) is 1.90. The number of carbonyl (C=O) groups excluding carboxylic acids is 2. The van der Waals surface area contributed by atoms with Crippen LogP contribution in [0.4, 0.5) is 10.1 Å². The monoisotopic (exact) mass is 430 g/mol. The van der Waals surface area contributed by atoms with E-state index in [9.17, 15) is 14.0 Å². The normalized spacial score (nSPS) is 13.7. The number of halogens is 1. The van der Waals surface area contributed by atoms with Crippen LogP contribution in [-0.4, -0.2) is 23.8 Å². The second-order valence-corrected chi connectivity index (χ2v) is 7.41. The molecule has 1 N–H and O–H groups in total. The van der Waals surface area contributed by atoms with Crippen LogP contribution in [0.2, 0.25) is 0 Å². The Morgan fingerprint density at radius 3 is 2.28 bits per heavy atom. The summed E-state index contributed by atoms with van der Waals surface area (Å²) in [5.74, 6) is -1.02. The highest BCUT2D eigenvalue weighted by molar-refractivity contribution is 6.36. The molecule has 1 aliphatic heterocycles. The van der Waals surface area contributed by atoms with E-state index >= 15 is 0 Å². The van der Waals surface area contributed by atoms with Crippen molar-refractivity contribution in [1.82, 2.24) is 4.90 Å². The Labute approximate surface area is 186 Å². The van der Waals surface area contributed by atoms with Crippen LogP contribution in [0.25, 0.3) is 5.57 Å². The van der Waals surface area contributed by atoms with Gasteiger partial charge >= 0.3 is 0 Å². The third-order valence-corrected chi connectivity index (χ3v) is 5.46. The molecule has 0 saturated heterocycles. The minimum atomic E-state index is -0.515. The van der Waals surface area contributed by atoms with Crippen molar-refractivity contribution in [2.75, 3.05) is 12.4 Å². The predicted octanol–water partition coefficient (Wildman–Crippen LogP) is 4.79. The smallest absolute Gasteiger partial charge is 0.278 e. The molecule has 1 heterocycles. The molecule has 162 valence electrons. The van der Waals surface area contributed by atoms with Gasteiger partial charge in [0, 0.05) is 16.8 Å². The average Bonchev–Trinajstić information content (AvgIpc) is 3.05. The van der Waals surface area contributed by atoms with Gasteiger partial charge in [0.2, 0.25) is 0 Å². The van der Waals surface area contributed by atoms with Crippen molar-refractivity contribution >= 4 is 23.1 Å². The maximum absolute atomic E-state index is 14.3. The quantitative estimate of drug-likeness (QED) is 0.548. The Kier molecular flexibility index (Phi) is 6.03. The summed E-state index contributed by atoms with van der Waals surface area (Å²) in [7, 11) is 1.51. The van der Waals surface area contributed by atoms with Crippen molar-refractivity contribution in [2.24, 2.45) is 0 Å². The summed E-state index contributed by atoms with van der Waals surface area (Å²) in [5, 5.41) is 3.12. The Morgan fingerprint density at radius 1 is 0.906 bits per heavy atom. The van der Waals surface area contributed by atoms with Gasteiger partial charge in [0.1, 0.15) is 17.3 Å². The number of methoxy groups -OCH3 is 1. The molecule has 32 heavy (non-hydrogen) atoms. The van der Waals surface area contributed by atoms with Crippen molar-refractivity contribution in [3.8, 4) is 5.75 Å². The van der Waals surface area contributed by atoms with Gasteiger partial charge in [0.25, 0.3) is 11.8 Å². The molecule has 0 spiro atoms. The lowest BCUT2D eigenvalue weighted by Gasteiger charge is -2.16. The van der Waals surface area contributed by atoms with Crippen molar-refractivity contribution < 1.29 is 18.7 Å². The maximum Gasteiger partial charge on any atom is 0.278 e. The molecule has 0 fully saturated rings. The maximum atomic E-state index is 14.3. The Morgan fingerprint density at radius 2 is 1.59 bits per heavy atom. The van der Waals surface area contributed by atoms with E-state index < -0.39 is 17.6 Å². The topological polar surface area (TPSA) is 58.6 Å². The molecule has 6 heteroatoms. The van der Waals surface area contributed by atoms with Crippen molar-refractivity contribution in [3.63, 3.8) is 0 Å². The van der Waals surface area contributed by atoms with Crippen LogP contribution in [-0.2, 0) is 22.6 Å². The third-order valence-electron chi connectivity index (χ3n) is 5.46. The zero-order valence-electron chi connectivity index (χ0n) is 17.9. The van der Waals surface area contributed by atoms with Crippen molar-refractivity contribution in [3.05, 3.63) is 101 Å². The van der Waals surface area contributed by atoms with Crippen LogP contribution in [0, 0.1) is 5.82 Å². The highest BCUT2D eigenvalue weighted by Crippen LogP contribution is 2.36. The predicted molar refractivity (Wildman–Crippen MR) is 121 cm³/mol. The second kappa shape index (κ2) is 9.06. The molecule has 1 aliphatic rings. The number of benzene rings is 3. The van der Waals surface area contributed by atoms with E-state index in [0.29, 0.717) is 17.0 Å². The molecule has 3 aromatic carbocycles. The number of nitrogens with one attached hydrogen (secondary N) is 1. The zero-order valence-corrected chi connectivity index (χ0v) is 17.9. The van der Waals surface area contributed by atoms with Crippen LogP contribution in [0.15, 0.2) is 78.5 Å². The van der Waals surface area contributed by atoms with E-state index in [1.165, 1.54) is 13.2 Å². The molecule has 0 saturated carbocycles. The summed E-state index contributed by atoms with van der Waals surface area (Å²) < 4.78 is 19.7. The summed E-state index contributed by atoms with van der Waals surface area (Å²) in [6, 6.07) is 20.8. The molecule has 0 unspecified atom stereocenters. The van der Waals surface area contributed by atoms with E-state index in [2.05, 4.69) is 12.2 Å². The number of nitrogens with zero attached hydrogens (tertiary/aromatic N) is 1. The van der Waals surface area contributed by atoms with E-state index in [1.807, 2.05) is 24.3 Å². The van der Waals surface area contributed by atoms with Gasteiger partial charge in [-0.3, -0.25) is 14.5 Å². The first-order valence-electron chi connectivity index (χ1n) is 10.4. The van der Waals surface area contributed by atoms with Gasteiger partial charge in [-0.2, -0.15) is 0 Å². The molecular weight excluding hydrogens is 407 g/mol. The zero-order chi connectivity index (χ0) is 22.7. The number of para-hydroxylation sites is 1. The molecule has 3 aromatic rings. The van der Waals surface area contributed by atoms with Crippen LogP contribution >= 0.6 is 0 Å². The van der Waals surface area contributed by atoms with Gasteiger partial charge in [-0.25, -0.2) is 4.39 Å². The molecule has 4 rings (SSSR count). The molecule has 2 amide bonds. The summed E-state index contributed by atoms with van der Waals surface area (Å²) in [6.07, 6.45) is 0.892. The Balaban J connectivity index is 1.77. The number of rotatable bonds is 7. The minimum Gasteiger partial charge on any atom is -0.496 e. The SMILES string of the molecule is CCc1ccc(NC2=C(c3ccccc3OC)C(=O)N(Cc3ccccc3F)C2=O)cc1. The van der Waals surface area contributed by atoms with Gasteiger partial charge < -0.3 is 10.1 Å². The molecule has 0 radical (unpaired) electrons. The first-order valence-corrected chi connectivity index (χ1v) is 10.4. The second-order valence-electron chi connectivity index (χ2n) is 7.41. The van der Waals surface area contributed by atoms with Crippen molar-refractivity contribution in [2.45, 2.75) is 19.9 Å². The Hall–Kier alpha value is -3.93. The molecule has 0 bridgehead atoms. The van der Waals surface area contributed by atoms with E-state index in [4.69, 9.17) is 4.74 Å². The number of carbonyl (C=O) groups is 2. The largest absolute Gasteiger partial charge is 0.496 e. The van der Waals surface area contributed by atoms with Gasteiger partial charge in [0.15, 0.2) is 0 Å². The summed E-state index contributed by atoms with van der Waals surface area (Å²) in [4.78, 5) is 27.9. The fraction of sp³-hybridized carbons (Fsp3) is 0.154.